The molecular formula is C13H18ClNO2. The van der Waals surface area contributed by atoms with Gasteiger partial charge in [0.15, 0.2) is 11.5 Å². The third-order valence-corrected chi connectivity index (χ3v) is 3.89. The molecule has 0 atom stereocenters. The van der Waals surface area contributed by atoms with Gasteiger partial charge in [0.1, 0.15) is 0 Å². The van der Waals surface area contributed by atoms with Crippen LogP contribution in [-0.4, -0.2) is 25.3 Å². The standard InChI is InChI=1S/C13H18ClNO2/c1-8-7-10(17-2)13(16)11(12(8)14)9-3-5-15-6-4-9/h7,9,15-16H,3-6H2,1-2H3. The Balaban J connectivity index is 2.46. The summed E-state index contributed by atoms with van der Waals surface area (Å²) in [6.45, 7) is 3.88. The minimum Gasteiger partial charge on any atom is -0.504 e. The lowest BCUT2D eigenvalue weighted by Crippen LogP contribution is -2.26. The highest BCUT2D eigenvalue weighted by molar-refractivity contribution is 6.32. The molecular weight excluding hydrogens is 238 g/mol. The van der Waals surface area contributed by atoms with E-state index in [1.807, 2.05) is 6.92 Å². The van der Waals surface area contributed by atoms with E-state index in [-0.39, 0.29) is 5.75 Å². The van der Waals surface area contributed by atoms with Gasteiger partial charge in [-0.3, -0.25) is 0 Å². The minimum absolute atomic E-state index is 0.204. The Labute approximate surface area is 107 Å². The number of rotatable bonds is 2. The van der Waals surface area contributed by atoms with E-state index in [1.165, 1.54) is 0 Å². The lowest BCUT2D eigenvalue weighted by Gasteiger charge is -2.26. The van der Waals surface area contributed by atoms with Crippen molar-refractivity contribution < 1.29 is 9.84 Å². The van der Waals surface area contributed by atoms with E-state index in [0.29, 0.717) is 16.7 Å². The molecule has 4 heteroatoms. The number of aryl methyl sites for hydroxylation is 1. The third-order valence-electron chi connectivity index (χ3n) is 3.39. The number of hydrogen-bond acceptors (Lipinski definition) is 3. The van der Waals surface area contributed by atoms with Gasteiger partial charge in [-0.25, -0.2) is 0 Å². The molecule has 0 amide bonds. The van der Waals surface area contributed by atoms with Gasteiger partial charge in [0.2, 0.25) is 0 Å². The maximum absolute atomic E-state index is 10.2. The number of nitrogens with one attached hydrogen (secondary N) is 1. The number of aromatic hydroxyl groups is 1. The van der Waals surface area contributed by atoms with E-state index < -0.39 is 0 Å². The number of halogens is 1. The molecule has 1 saturated heterocycles. The summed E-state index contributed by atoms with van der Waals surface area (Å²) in [5.41, 5.74) is 1.81. The van der Waals surface area contributed by atoms with Crippen molar-refractivity contribution in [3.05, 3.63) is 22.2 Å². The van der Waals surface area contributed by atoms with Crippen LogP contribution in [0.25, 0.3) is 0 Å². The maximum Gasteiger partial charge on any atom is 0.162 e. The molecule has 0 aliphatic carbocycles. The number of methoxy groups -OCH3 is 1. The molecule has 2 rings (SSSR count). The highest BCUT2D eigenvalue weighted by atomic mass is 35.5. The minimum atomic E-state index is 0.204. The molecule has 17 heavy (non-hydrogen) atoms. The van der Waals surface area contributed by atoms with Gasteiger partial charge < -0.3 is 15.2 Å². The van der Waals surface area contributed by atoms with Gasteiger partial charge in [0, 0.05) is 5.56 Å². The fourth-order valence-electron chi connectivity index (χ4n) is 2.42. The molecule has 1 aliphatic heterocycles. The highest BCUT2D eigenvalue weighted by Crippen LogP contribution is 2.44. The molecule has 94 valence electrons. The SMILES string of the molecule is COc1cc(C)c(Cl)c(C2CCNCC2)c1O. The normalized spacial score (nSPS) is 17.1. The van der Waals surface area contributed by atoms with E-state index in [0.717, 1.165) is 37.1 Å². The van der Waals surface area contributed by atoms with Crippen LogP contribution in [0.1, 0.15) is 29.9 Å². The van der Waals surface area contributed by atoms with Crippen LogP contribution in [0, 0.1) is 6.92 Å². The van der Waals surface area contributed by atoms with Crippen molar-refractivity contribution in [3.8, 4) is 11.5 Å². The maximum atomic E-state index is 10.2. The molecule has 0 bridgehead atoms. The monoisotopic (exact) mass is 255 g/mol. The second-order valence-electron chi connectivity index (χ2n) is 4.50. The van der Waals surface area contributed by atoms with Crippen molar-refractivity contribution in [1.82, 2.24) is 5.32 Å². The topological polar surface area (TPSA) is 41.5 Å². The molecule has 0 radical (unpaired) electrons. The molecule has 1 aliphatic rings. The van der Waals surface area contributed by atoms with Crippen molar-refractivity contribution in [1.29, 1.82) is 0 Å². The Morgan fingerprint density at radius 1 is 1.41 bits per heavy atom. The van der Waals surface area contributed by atoms with Gasteiger partial charge in [0.25, 0.3) is 0 Å². The van der Waals surface area contributed by atoms with Gasteiger partial charge in [-0.1, -0.05) is 11.6 Å². The van der Waals surface area contributed by atoms with Gasteiger partial charge in [-0.2, -0.15) is 0 Å². The quantitative estimate of drug-likeness (QED) is 0.854. The van der Waals surface area contributed by atoms with Crippen LogP contribution in [0.4, 0.5) is 0 Å². The molecule has 2 N–H and O–H groups in total. The predicted octanol–water partition coefficient (Wildman–Crippen LogP) is 2.83. The zero-order chi connectivity index (χ0) is 12.4. The number of phenolic OH excluding ortho intramolecular Hbond substituents is 1. The van der Waals surface area contributed by atoms with Crippen molar-refractivity contribution in [2.75, 3.05) is 20.2 Å². The first-order valence-corrected chi connectivity index (χ1v) is 6.29. The molecule has 1 aromatic carbocycles. The largest absolute Gasteiger partial charge is 0.504 e. The summed E-state index contributed by atoms with van der Waals surface area (Å²) in [5.74, 6) is 1.04. The smallest absolute Gasteiger partial charge is 0.162 e. The van der Waals surface area contributed by atoms with Crippen LogP contribution in [0.3, 0.4) is 0 Å². The summed E-state index contributed by atoms with van der Waals surface area (Å²) >= 11 is 6.32. The first-order chi connectivity index (χ1) is 8.15. The van der Waals surface area contributed by atoms with Crippen LogP contribution in [0.2, 0.25) is 5.02 Å². The summed E-state index contributed by atoms with van der Waals surface area (Å²) in [6, 6.07) is 1.78. The number of piperidine rings is 1. The molecule has 1 fully saturated rings. The van der Waals surface area contributed by atoms with E-state index in [9.17, 15) is 5.11 Å². The second kappa shape index (κ2) is 5.15. The molecule has 3 nitrogen and oxygen atoms in total. The van der Waals surface area contributed by atoms with Crippen LogP contribution in [0.5, 0.6) is 11.5 Å². The van der Waals surface area contributed by atoms with Crippen LogP contribution in [-0.2, 0) is 0 Å². The fourth-order valence-corrected chi connectivity index (χ4v) is 2.71. The summed E-state index contributed by atoms with van der Waals surface area (Å²) in [4.78, 5) is 0. The Morgan fingerprint density at radius 3 is 2.65 bits per heavy atom. The molecule has 0 unspecified atom stereocenters. The zero-order valence-corrected chi connectivity index (χ0v) is 11.0. The van der Waals surface area contributed by atoms with Gasteiger partial charge in [-0.05, 0) is 50.4 Å². The van der Waals surface area contributed by atoms with Gasteiger partial charge in [-0.15, -0.1) is 0 Å². The average Bonchev–Trinajstić information content (AvgIpc) is 2.35. The summed E-state index contributed by atoms with van der Waals surface area (Å²) < 4.78 is 5.19. The number of phenols is 1. The lowest BCUT2D eigenvalue weighted by atomic mass is 9.88. The summed E-state index contributed by atoms with van der Waals surface area (Å²) in [5, 5.41) is 14.2. The van der Waals surface area contributed by atoms with E-state index in [4.69, 9.17) is 16.3 Å². The summed E-state index contributed by atoms with van der Waals surface area (Å²) in [6.07, 6.45) is 2.00. The van der Waals surface area contributed by atoms with Crippen LogP contribution < -0.4 is 10.1 Å². The molecule has 0 spiro atoms. The first-order valence-electron chi connectivity index (χ1n) is 5.91. The van der Waals surface area contributed by atoms with E-state index >= 15 is 0 Å². The number of ether oxygens (including phenoxy) is 1. The Kier molecular flexibility index (Phi) is 3.79. The van der Waals surface area contributed by atoms with Crippen molar-refractivity contribution in [2.24, 2.45) is 0 Å². The molecule has 0 saturated carbocycles. The molecule has 1 heterocycles. The molecule has 1 aromatic rings. The average molecular weight is 256 g/mol. The highest BCUT2D eigenvalue weighted by Gasteiger charge is 2.24. The Bertz CT molecular complexity index is 414. The lowest BCUT2D eigenvalue weighted by molar-refractivity contribution is 0.362. The second-order valence-corrected chi connectivity index (χ2v) is 4.87. The Morgan fingerprint density at radius 2 is 2.06 bits per heavy atom. The fraction of sp³-hybridized carbons (Fsp3) is 0.538. The Hall–Kier alpha value is -0.930. The number of hydrogen-bond donors (Lipinski definition) is 2. The van der Waals surface area contributed by atoms with E-state index in [1.54, 1.807) is 13.2 Å². The van der Waals surface area contributed by atoms with Crippen molar-refractivity contribution in [2.45, 2.75) is 25.7 Å². The summed E-state index contributed by atoms with van der Waals surface area (Å²) in [7, 11) is 1.56. The van der Waals surface area contributed by atoms with Gasteiger partial charge >= 0.3 is 0 Å². The number of benzene rings is 1. The molecule has 0 aromatic heterocycles. The van der Waals surface area contributed by atoms with E-state index in [2.05, 4.69) is 5.32 Å². The van der Waals surface area contributed by atoms with Crippen LogP contribution in [0.15, 0.2) is 6.07 Å². The van der Waals surface area contributed by atoms with Crippen molar-refractivity contribution >= 4 is 11.6 Å². The zero-order valence-electron chi connectivity index (χ0n) is 10.2. The van der Waals surface area contributed by atoms with Gasteiger partial charge in [0.05, 0.1) is 12.1 Å². The van der Waals surface area contributed by atoms with Crippen molar-refractivity contribution in [3.63, 3.8) is 0 Å². The first kappa shape index (κ1) is 12.5. The third kappa shape index (κ3) is 2.35. The predicted molar refractivity (Wildman–Crippen MR) is 69.3 cm³/mol. The van der Waals surface area contributed by atoms with Crippen LogP contribution >= 0.6 is 11.6 Å².